The molecule has 17 heteroatoms. The maximum Gasteiger partial charge on any atom is 0.324 e. The Labute approximate surface area is 330 Å². The first-order valence-electron chi connectivity index (χ1n) is 18.6. The average Bonchev–Trinajstić information content (AvgIpc) is 3.86. The summed E-state index contributed by atoms with van der Waals surface area (Å²) < 4.78 is 34.4. The van der Waals surface area contributed by atoms with E-state index < -0.39 is 43.7 Å². The maximum atomic E-state index is 15.2. The summed E-state index contributed by atoms with van der Waals surface area (Å²) in [5.41, 5.74) is 11.0. The van der Waals surface area contributed by atoms with Crippen LogP contribution in [0.5, 0.6) is 0 Å². The van der Waals surface area contributed by atoms with Gasteiger partial charge in [-0.15, -0.1) is 10.2 Å². The van der Waals surface area contributed by atoms with Crippen LogP contribution in [0, 0.1) is 0 Å². The number of rotatable bonds is 19. The van der Waals surface area contributed by atoms with Gasteiger partial charge in [-0.1, -0.05) is 78.9 Å². The van der Waals surface area contributed by atoms with Crippen LogP contribution in [0.1, 0.15) is 38.8 Å². The van der Waals surface area contributed by atoms with Crippen molar-refractivity contribution in [1.82, 2.24) is 45.3 Å². The van der Waals surface area contributed by atoms with Crippen LogP contribution in [0.4, 0.5) is 5.82 Å². The number of tetrazole rings is 1. The van der Waals surface area contributed by atoms with Gasteiger partial charge in [0.2, 0.25) is 13.3 Å². The van der Waals surface area contributed by atoms with E-state index in [4.69, 9.17) is 19.9 Å². The van der Waals surface area contributed by atoms with Crippen molar-refractivity contribution in [2.45, 2.75) is 71.4 Å². The molecule has 2 atom stereocenters. The lowest BCUT2D eigenvalue weighted by molar-refractivity contribution is -0.150. The molecule has 3 heterocycles. The number of nitrogen functional groups attached to an aromatic ring is 1. The van der Waals surface area contributed by atoms with Crippen molar-refractivity contribution in [3.8, 4) is 22.5 Å². The number of carbonyl (C=O) groups is 2. The number of nitrogens with zero attached hydrogens (tertiary/aromatic N) is 6. The standard InChI is InChI=1S/C40H47N10O6P/c1-26(2)55-39(51)33(20-28-12-7-5-8-13-28)46-57(53,47-34(40(52)56-27(3)4)21-29-14-9-6-10-15-29)25-54-19-18-50-23-32(35-36(41)42-24-43-38(35)50)30-16-11-17-31(22-30)37-44-48-49-45-37/h5-17,22-24,26-27,33-34H,18-21,25H2,1-4H3,(H2,41,42,43)(H2,46,47,53)(H,44,45,48,49)/t33-,34-/m0/s1. The van der Waals surface area contributed by atoms with Crippen molar-refractivity contribution in [1.29, 1.82) is 0 Å². The zero-order valence-electron chi connectivity index (χ0n) is 32.2. The van der Waals surface area contributed by atoms with Crippen LogP contribution in [0.25, 0.3) is 33.5 Å². The van der Waals surface area contributed by atoms with Gasteiger partial charge in [-0.3, -0.25) is 14.2 Å². The number of esters is 2. The predicted molar refractivity (Wildman–Crippen MR) is 216 cm³/mol. The van der Waals surface area contributed by atoms with Crippen molar-refractivity contribution in [3.63, 3.8) is 0 Å². The molecule has 0 spiro atoms. The number of hydrogen-bond donors (Lipinski definition) is 4. The molecule has 0 fully saturated rings. The van der Waals surface area contributed by atoms with Crippen LogP contribution in [-0.4, -0.2) is 84.3 Å². The average molecular weight is 795 g/mol. The Kier molecular flexibility index (Phi) is 13.5. The molecule has 0 aliphatic carbocycles. The highest BCUT2D eigenvalue weighted by atomic mass is 31.2. The summed E-state index contributed by atoms with van der Waals surface area (Å²) in [7, 11) is -3.95. The van der Waals surface area contributed by atoms with E-state index in [-0.39, 0.29) is 32.3 Å². The SMILES string of the molecule is CC(C)OC(=O)[C@H](Cc1ccccc1)NP(=O)(COCCn1cc(-c2cccc(-c3nn[nH]n3)c2)c2c(N)ncnc21)N[C@@H](Cc1ccccc1)C(=O)OC(C)C. The molecular formula is C40H47N10O6P. The van der Waals surface area contributed by atoms with Gasteiger partial charge >= 0.3 is 11.9 Å². The molecule has 0 bridgehead atoms. The van der Waals surface area contributed by atoms with Crippen LogP contribution in [0.2, 0.25) is 0 Å². The lowest BCUT2D eigenvalue weighted by Crippen LogP contribution is -2.47. The Morgan fingerprint density at radius 2 is 1.42 bits per heavy atom. The molecule has 3 aromatic heterocycles. The number of benzene rings is 3. The first-order chi connectivity index (χ1) is 27.5. The number of aromatic amines is 1. The highest BCUT2D eigenvalue weighted by molar-refractivity contribution is 7.59. The van der Waals surface area contributed by atoms with Gasteiger partial charge in [0.05, 0.1) is 24.2 Å². The van der Waals surface area contributed by atoms with Gasteiger partial charge in [0, 0.05) is 23.9 Å². The summed E-state index contributed by atoms with van der Waals surface area (Å²) in [4.78, 5) is 35.9. The minimum Gasteiger partial charge on any atom is -0.462 e. The van der Waals surface area contributed by atoms with Crippen molar-refractivity contribution < 1.29 is 28.4 Å². The van der Waals surface area contributed by atoms with Gasteiger partial charge in [-0.05, 0) is 68.5 Å². The lowest BCUT2D eigenvalue weighted by atomic mass is 10.0. The summed E-state index contributed by atoms with van der Waals surface area (Å²) in [6.45, 7) is 7.34. The Hall–Kier alpha value is -5.80. The van der Waals surface area contributed by atoms with Crippen molar-refractivity contribution in [2.24, 2.45) is 0 Å². The van der Waals surface area contributed by atoms with E-state index in [9.17, 15) is 9.59 Å². The maximum absolute atomic E-state index is 15.2. The van der Waals surface area contributed by atoms with E-state index in [0.717, 1.165) is 27.8 Å². The normalized spacial score (nSPS) is 12.9. The second-order valence-corrected chi connectivity index (χ2v) is 16.3. The smallest absolute Gasteiger partial charge is 0.324 e. The first kappa shape index (κ1) is 40.9. The van der Waals surface area contributed by atoms with Gasteiger partial charge in [-0.25, -0.2) is 20.1 Å². The molecule has 0 aliphatic heterocycles. The fourth-order valence-electron chi connectivity index (χ4n) is 6.31. The van der Waals surface area contributed by atoms with E-state index in [1.165, 1.54) is 6.33 Å². The van der Waals surface area contributed by atoms with Crippen molar-refractivity contribution >= 4 is 36.2 Å². The van der Waals surface area contributed by atoms with Crippen LogP contribution < -0.4 is 15.9 Å². The van der Waals surface area contributed by atoms with E-state index in [0.29, 0.717) is 22.7 Å². The number of anilines is 1. The first-order valence-corrected chi connectivity index (χ1v) is 20.5. The zero-order chi connectivity index (χ0) is 40.4. The highest BCUT2D eigenvalue weighted by Gasteiger charge is 2.36. The number of carbonyl (C=O) groups excluding carboxylic acids is 2. The van der Waals surface area contributed by atoms with Gasteiger partial charge < -0.3 is 24.5 Å². The molecule has 0 radical (unpaired) electrons. The van der Waals surface area contributed by atoms with Crippen molar-refractivity contribution in [2.75, 3.05) is 18.7 Å². The molecule has 0 unspecified atom stereocenters. The summed E-state index contributed by atoms with van der Waals surface area (Å²) >= 11 is 0. The molecule has 57 heavy (non-hydrogen) atoms. The Balaban J connectivity index is 1.27. The summed E-state index contributed by atoms with van der Waals surface area (Å²) in [6.07, 6.45) is 2.41. The van der Waals surface area contributed by atoms with Gasteiger partial charge in [0.25, 0.3) is 0 Å². The minimum absolute atomic E-state index is 0.0724. The zero-order valence-corrected chi connectivity index (χ0v) is 33.1. The predicted octanol–water partition coefficient (Wildman–Crippen LogP) is 5.33. The molecular weight excluding hydrogens is 747 g/mol. The molecule has 0 amide bonds. The molecule has 6 aromatic rings. The van der Waals surface area contributed by atoms with E-state index in [1.54, 1.807) is 27.7 Å². The van der Waals surface area contributed by atoms with Crippen LogP contribution >= 0.6 is 7.44 Å². The van der Waals surface area contributed by atoms with Crippen LogP contribution in [0.15, 0.2) is 97.5 Å². The number of fused-ring (bicyclic) bond motifs is 1. The molecule has 0 saturated carbocycles. The molecule has 3 aromatic carbocycles. The second kappa shape index (κ2) is 18.9. The molecule has 0 saturated heterocycles. The van der Waals surface area contributed by atoms with E-state index in [1.807, 2.05) is 95.7 Å². The van der Waals surface area contributed by atoms with Gasteiger partial charge in [-0.2, -0.15) is 5.21 Å². The second-order valence-electron chi connectivity index (χ2n) is 14.0. The third-order valence-electron chi connectivity index (χ3n) is 8.78. The molecule has 5 N–H and O–H groups in total. The minimum atomic E-state index is -3.95. The lowest BCUT2D eigenvalue weighted by Gasteiger charge is -2.29. The largest absolute Gasteiger partial charge is 0.462 e. The molecule has 16 nitrogen and oxygen atoms in total. The number of nitrogens with two attached hydrogens (primary N) is 1. The fraction of sp³-hybridized carbons (Fsp3) is 0.325. The Morgan fingerprint density at radius 1 is 0.825 bits per heavy atom. The molecule has 6 rings (SSSR count). The summed E-state index contributed by atoms with van der Waals surface area (Å²) in [6, 6.07) is 24.2. The number of hydrogen-bond acceptors (Lipinski definition) is 12. The Bertz CT molecular complexity index is 2210. The van der Waals surface area contributed by atoms with Crippen LogP contribution in [-0.2, 0) is 47.8 Å². The van der Waals surface area contributed by atoms with Gasteiger partial charge in [0.15, 0.2) is 0 Å². The van der Waals surface area contributed by atoms with E-state index in [2.05, 4.69) is 40.8 Å². The quantitative estimate of drug-likeness (QED) is 0.0464. The topological polar surface area (TPSA) is 214 Å². The van der Waals surface area contributed by atoms with Crippen LogP contribution in [0.3, 0.4) is 0 Å². The third kappa shape index (κ3) is 11.0. The number of aromatic nitrogens is 7. The molecule has 0 aliphatic rings. The number of ether oxygens (including phenoxy) is 3. The third-order valence-corrected chi connectivity index (χ3v) is 10.8. The monoisotopic (exact) mass is 794 g/mol. The number of H-pyrrole nitrogens is 1. The van der Waals surface area contributed by atoms with E-state index >= 15 is 4.57 Å². The summed E-state index contributed by atoms with van der Waals surface area (Å²) in [5, 5.41) is 21.1. The summed E-state index contributed by atoms with van der Waals surface area (Å²) in [5.74, 6) is -0.440. The van der Waals surface area contributed by atoms with Gasteiger partial charge in [0.1, 0.15) is 36.2 Å². The molecule has 298 valence electrons. The van der Waals surface area contributed by atoms with Crippen molar-refractivity contribution in [3.05, 3.63) is 109 Å². The highest BCUT2D eigenvalue weighted by Crippen LogP contribution is 2.39. The fourth-order valence-corrected chi connectivity index (χ4v) is 8.32. The number of nitrogens with one attached hydrogen (secondary N) is 3. The Morgan fingerprint density at radius 3 is 1.98 bits per heavy atom.